The molecule has 0 saturated carbocycles. The molecule has 0 unspecified atom stereocenters. The molecule has 2 N–H and O–H groups in total. The van der Waals surface area contributed by atoms with E-state index in [0.717, 1.165) is 5.56 Å². The summed E-state index contributed by atoms with van der Waals surface area (Å²) in [5.41, 5.74) is 7.08. The summed E-state index contributed by atoms with van der Waals surface area (Å²) in [6, 6.07) is 1.66. The molecule has 1 aromatic heterocycles. The molecular formula is C10H13F3N2O. The number of nitrogens with two attached hydrogens (primary N) is 1. The van der Waals surface area contributed by atoms with Crippen LogP contribution in [-0.4, -0.2) is 24.4 Å². The van der Waals surface area contributed by atoms with Gasteiger partial charge in [0.25, 0.3) is 0 Å². The van der Waals surface area contributed by atoms with Gasteiger partial charge < -0.3 is 10.5 Å². The summed E-state index contributed by atoms with van der Waals surface area (Å²) >= 11 is 0. The van der Waals surface area contributed by atoms with Crippen LogP contribution in [0.2, 0.25) is 0 Å². The fourth-order valence-corrected chi connectivity index (χ4v) is 1.20. The van der Waals surface area contributed by atoms with Gasteiger partial charge in [-0.3, -0.25) is 4.98 Å². The van der Waals surface area contributed by atoms with Gasteiger partial charge >= 0.3 is 6.18 Å². The number of hydrogen-bond acceptors (Lipinski definition) is 3. The van der Waals surface area contributed by atoms with E-state index in [-0.39, 0.29) is 6.61 Å². The molecule has 6 heteroatoms. The van der Waals surface area contributed by atoms with Crippen molar-refractivity contribution < 1.29 is 17.9 Å². The highest BCUT2D eigenvalue weighted by molar-refractivity contribution is 5.44. The molecule has 0 aromatic carbocycles. The normalized spacial score (nSPS) is 11.7. The number of alkyl halides is 3. The molecule has 0 amide bonds. The number of nitrogen functional groups attached to an aromatic ring is 1. The second-order valence-electron chi connectivity index (χ2n) is 3.35. The Morgan fingerprint density at radius 2 is 2.12 bits per heavy atom. The van der Waals surface area contributed by atoms with Gasteiger partial charge in [-0.2, -0.15) is 13.2 Å². The molecular weight excluding hydrogens is 221 g/mol. The summed E-state index contributed by atoms with van der Waals surface area (Å²) in [5.74, 6) is 0. The molecule has 0 aliphatic heterocycles. The van der Waals surface area contributed by atoms with Crippen molar-refractivity contribution in [3.05, 3.63) is 24.0 Å². The molecule has 90 valence electrons. The van der Waals surface area contributed by atoms with Gasteiger partial charge in [0, 0.05) is 24.7 Å². The lowest BCUT2D eigenvalue weighted by Crippen LogP contribution is -2.17. The molecule has 0 radical (unpaired) electrons. The van der Waals surface area contributed by atoms with Gasteiger partial charge in [-0.05, 0) is 24.5 Å². The number of hydrogen-bond donors (Lipinski definition) is 1. The molecule has 0 spiro atoms. The number of halogens is 3. The molecule has 0 aliphatic rings. The minimum Gasteiger partial charge on any atom is -0.398 e. The van der Waals surface area contributed by atoms with Crippen molar-refractivity contribution in [1.29, 1.82) is 0 Å². The van der Waals surface area contributed by atoms with Crippen LogP contribution in [0.1, 0.15) is 12.0 Å². The zero-order valence-electron chi connectivity index (χ0n) is 8.63. The van der Waals surface area contributed by atoms with Crippen molar-refractivity contribution in [2.45, 2.75) is 19.0 Å². The van der Waals surface area contributed by atoms with E-state index in [1.54, 1.807) is 18.5 Å². The van der Waals surface area contributed by atoms with Crippen LogP contribution in [0.3, 0.4) is 0 Å². The van der Waals surface area contributed by atoms with E-state index in [1.165, 1.54) is 0 Å². The maximum atomic E-state index is 11.7. The third-order valence-corrected chi connectivity index (χ3v) is 1.94. The van der Waals surface area contributed by atoms with E-state index < -0.39 is 12.8 Å². The molecule has 1 rings (SSSR count). The van der Waals surface area contributed by atoms with Crippen LogP contribution in [0.4, 0.5) is 18.9 Å². The Bertz CT molecular complexity index is 328. The first kappa shape index (κ1) is 12.8. The van der Waals surface area contributed by atoms with Crippen LogP contribution in [0.5, 0.6) is 0 Å². The molecule has 1 heterocycles. The van der Waals surface area contributed by atoms with Gasteiger partial charge in [0.05, 0.1) is 0 Å². The van der Waals surface area contributed by atoms with E-state index in [4.69, 9.17) is 5.73 Å². The third-order valence-electron chi connectivity index (χ3n) is 1.94. The molecule has 3 nitrogen and oxygen atoms in total. The van der Waals surface area contributed by atoms with Crippen LogP contribution in [0, 0.1) is 0 Å². The minimum atomic E-state index is -4.26. The van der Waals surface area contributed by atoms with Gasteiger partial charge in [0.15, 0.2) is 0 Å². The first-order valence-corrected chi connectivity index (χ1v) is 4.82. The number of pyridine rings is 1. The summed E-state index contributed by atoms with van der Waals surface area (Å²) < 4.78 is 39.6. The van der Waals surface area contributed by atoms with Gasteiger partial charge in [0.2, 0.25) is 0 Å². The lowest BCUT2D eigenvalue weighted by Gasteiger charge is -2.08. The lowest BCUT2D eigenvalue weighted by atomic mass is 10.1. The van der Waals surface area contributed by atoms with E-state index in [9.17, 15) is 13.2 Å². The predicted octanol–water partition coefficient (Wildman–Crippen LogP) is 2.18. The average Bonchev–Trinajstić information content (AvgIpc) is 2.18. The number of anilines is 1. The number of rotatable bonds is 5. The van der Waals surface area contributed by atoms with Crippen molar-refractivity contribution >= 4 is 5.69 Å². The van der Waals surface area contributed by atoms with Crippen molar-refractivity contribution in [2.75, 3.05) is 18.9 Å². The smallest absolute Gasteiger partial charge is 0.398 e. The fraction of sp³-hybridized carbons (Fsp3) is 0.500. The van der Waals surface area contributed by atoms with Crippen molar-refractivity contribution in [3.63, 3.8) is 0 Å². The Labute approximate surface area is 91.4 Å². The van der Waals surface area contributed by atoms with Gasteiger partial charge in [-0.15, -0.1) is 0 Å². The summed E-state index contributed by atoms with van der Waals surface area (Å²) in [6.45, 7) is -1.14. The summed E-state index contributed by atoms with van der Waals surface area (Å²) in [7, 11) is 0. The highest BCUT2D eigenvalue weighted by Crippen LogP contribution is 2.15. The Morgan fingerprint density at radius 3 is 2.75 bits per heavy atom. The predicted molar refractivity (Wildman–Crippen MR) is 53.8 cm³/mol. The molecule has 0 aliphatic carbocycles. The molecule has 1 aromatic rings. The number of ether oxygens (including phenoxy) is 1. The van der Waals surface area contributed by atoms with Gasteiger partial charge in [-0.25, -0.2) is 0 Å². The number of nitrogens with zero attached hydrogens (tertiary/aromatic N) is 1. The van der Waals surface area contributed by atoms with Crippen LogP contribution in [-0.2, 0) is 11.2 Å². The SMILES string of the molecule is Nc1ccncc1CCCOCC(F)(F)F. The first-order valence-electron chi connectivity index (χ1n) is 4.82. The van der Waals surface area contributed by atoms with Crippen molar-refractivity contribution in [1.82, 2.24) is 4.98 Å². The topological polar surface area (TPSA) is 48.1 Å². The summed E-state index contributed by atoms with van der Waals surface area (Å²) in [4.78, 5) is 3.88. The highest BCUT2D eigenvalue weighted by Gasteiger charge is 2.27. The molecule has 0 saturated heterocycles. The average molecular weight is 234 g/mol. The second-order valence-corrected chi connectivity index (χ2v) is 3.35. The maximum Gasteiger partial charge on any atom is 0.411 e. The molecule has 0 fully saturated rings. The quantitative estimate of drug-likeness (QED) is 0.794. The van der Waals surface area contributed by atoms with Gasteiger partial charge in [0.1, 0.15) is 6.61 Å². The highest BCUT2D eigenvalue weighted by atomic mass is 19.4. The van der Waals surface area contributed by atoms with E-state index >= 15 is 0 Å². The Hall–Kier alpha value is -1.30. The van der Waals surface area contributed by atoms with Gasteiger partial charge in [-0.1, -0.05) is 0 Å². The first-order chi connectivity index (χ1) is 7.49. The lowest BCUT2D eigenvalue weighted by molar-refractivity contribution is -0.174. The van der Waals surface area contributed by atoms with Crippen LogP contribution < -0.4 is 5.73 Å². The third kappa shape index (κ3) is 4.97. The number of aromatic nitrogens is 1. The van der Waals surface area contributed by atoms with Crippen molar-refractivity contribution in [3.8, 4) is 0 Å². The zero-order valence-corrected chi connectivity index (χ0v) is 8.63. The summed E-state index contributed by atoms with van der Waals surface area (Å²) in [5, 5.41) is 0. The van der Waals surface area contributed by atoms with E-state index in [2.05, 4.69) is 9.72 Å². The minimum absolute atomic E-state index is 0.0633. The largest absolute Gasteiger partial charge is 0.411 e. The Morgan fingerprint density at radius 1 is 1.38 bits per heavy atom. The molecule has 0 bridgehead atoms. The van der Waals surface area contributed by atoms with E-state index in [1.807, 2.05) is 0 Å². The second kappa shape index (κ2) is 5.69. The van der Waals surface area contributed by atoms with Crippen molar-refractivity contribution in [2.24, 2.45) is 0 Å². The Balaban J connectivity index is 2.19. The van der Waals surface area contributed by atoms with Crippen LogP contribution in [0.15, 0.2) is 18.5 Å². The fourth-order valence-electron chi connectivity index (χ4n) is 1.20. The van der Waals surface area contributed by atoms with E-state index in [0.29, 0.717) is 18.5 Å². The standard InChI is InChI=1S/C10H13F3N2O/c11-10(12,13)7-16-5-1-2-8-6-15-4-3-9(8)14/h3-4,6H,1-2,5,7H2,(H2,14,15). The molecule has 0 atom stereocenters. The maximum absolute atomic E-state index is 11.7. The zero-order chi connectivity index (χ0) is 12.0. The summed E-state index contributed by atoms with van der Waals surface area (Å²) in [6.07, 6.45) is -0.0189. The monoisotopic (exact) mass is 234 g/mol. The van der Waals surface area contributed by atoms with Crippen LogP contribution in [0.25, 0.3) is 0 Å². The molecule has 16 heavy (non-hydrogen) atoms. The number of aryl methyl sites for hydroxylation is 1. The van der Waals surface area contributed by atoms with Crippen LogP contribution >= 0.6 is 0 Å². The Kier molecular flexibility index (Phi) is 4.54.